The van der Waals surface area contributed by atoms with Crippen LogP contribution in [0.5, 0.6) is 5.75 Å². The summed E-state index contributed by atoms with van der Waals surface area (Å²) in [6.45, 7) is 5.04. The Balaban J connectivity index is 1.75. The Morgan fingerprint density at radius 1 is 1.33 bits per heavy atom. The van der Waals surface area contributed by atoms with Gasteiger partial charge in [-0.2, -0.15) is 0 Å². The number of benzene rings is 1. The van der Waals surface area contributed by atoms with Gasteiger partial charge in [-0.3, -0.25) is 0 Å². The summed E-state index contributed by atoms with van der Waals surface area (Å²) in [6, 6.07) is 7.55. The van der Waals surface area contributed by atoms with Crippen molar-refractivity contribution in [2.45, 2.75) is 51.7 Å². The van der Waals surface area contributed by atoms with E-state index in [0.29, 0.717) is 12.4 Å². The maximum absolute atomic E-state index is 12.0. The van der Waals surface area contributed by atoms with Crippen LogP contribution in [0.25, 0.3) is 0 Å². The average Bonchev–Trinajstić information content (AvgIpc) is 2.54. The van der Waals surface area contributed by atoms with Crippen LogP contribution in [-0.4, -0.2) is 31.4 Å². The normalized spacial score (nSPS) is 20.0. The largest absolute Gasteiger partial charge is 0.425 e. The van der Waals surface area contributed by atoms with Crippen LogP contribution in [0.4, 0.5) is 0 Å². The molecule has 21 heavy (non-hydrogen) atoms. The van der Waals surface area contributed by atoms with Crippen LogP contribution in [0.2, 0.25) is 0 Å². The number of hydrogen-bond acceptors (Lipinski definition) is 4. The Hall–Kier alpha value is -1.39. The highest BCUT2D eigenvalue weighted by molar-refractivity contribution is 5.76. The smallest absolute Gasteiger partial charge is 0.340 e. The van der Waals surface area contributed by atoms with Crippen LogP contribution < -0.4 is 4.74 Å². The summed E-state index contributed by atoms with van der Waals surface area (Å²) in [5.41, 5.74) is 1.22. The van der Waals surface area contributed by atoms with E-state index < -0.39 is 6.10 Å². The second kappa shape index (κ2) is 8.15. The van der Waals surface area contributed by atoms with Gasteiger partial charge >= 0.3 is 5.97 Å². The van der Waals surface area contributed by atoms with E-state index >= 15 is 0 Å². The zero-order valence-electron chi connectivity index (χ0n) is 12.8. The molecule has 1 aliphatic rings. The summed E-state index contributed by atoms with van der Waals surface area (Å²) < 4.78 is 16.4. The van der Waals surface area contributed by atoms with E-state index in [4.69, 9.17) is 14.2 Å². The fourth-order valence-electron chi connectivity index (χ4n) is 2.25. The molecular weight excluding hydrogens is 268 g/mol. The molecule has 0 saturated carbocycles. The van der Waals surface area contributed by atoms with Crippen molar-refractivity contribution in [3.05, 3.63) is 29.8 Å². The summed E-state index contributed by atoms with van der Waals surface area (Å²) in [4.78, 5) is 12.0. The summed E-state index contributed by atoms with van der Waals surface area (Å²) in [7, 11) is 0. The molecule has 2 rings (SSSR count). The SMILES string of the molecule is CCc1ccc(OC(=O)C(C)OCC2CCCCO2)cc1. The van der Waals surface area contributed by atoms with Crippen LogP contribution in [0.3, 0.4) is 0 Å². The Morgan fingerprint density at radius 3 is 2.71 bits per heavy atom. The van der Waals surface area contributed by atoms with Gasteiger partial charge in [-0.15, -0.1) is 0 Å². The summed E-state index contributed by atoms with van der Waals surface area (Å²) in [5, 5.41) is 0. The van der Waals surface area contributed by atoms with Crippen molar-refractivity contribution in [3.63, 3.8) is 0 Å². The van der Waals surface area contributed by atoms with E-state index in [1.165, 1.54) is 5.56 Å². The van der Waals surface area contributed by atoms with Crippen molar-refractivity contribution in [2.75, 3.05) is 13.2 Å². The average molecular weight is 292 g/mol. The molecule has 0 aromatic heterocycles. The fourth-order valence-corrected chi connectivity index (χ4v) is 2.25. The number of carbonyl (C=O) groups is 1. The first-order valence-corrected chi connectivity index (χ1v) is 7.73. The van der Waals surface area contributed by atoms with Gasteiger partial charge in [0.1, 0.15) is 5.75 Å². The van der Waals surface area contributed by atoms with Crippen LogP contribution in [-0.2, 0) is 20.7 Å². The summed E-state index contributed by atoms with van der Waals surface area (Å²) in [6.07, 6.45) is 3.77. The predicted molar refractivity (Wildman–Crippen MR) is 80.5 cm³/mol. The second-order valence-corrected chi connectivity index (χ2v) is 5.38. The highest BCUT2D eigenvalue weighted by Crippen LogP contribution is 2.15. The molecule has 0 bridgehead atoms. The van der Waals surface area contributed by atoms with E-state index in [-0.39, 0.29) is 12.1 Å². The van der Waals surface area contributed by atoms with Crippen molar-refractivity contribution in [2.24, 2.45) is 0 Å². The molecule has 0 amide bonds. The third-order valence-electron chi connectivity index (χ3n) is 3.69. The van der Waals surface area contributed by atoms with Gasteiger partial charge in [0.05, 0.1) is 12.7 Å². The van der Waals surface area contributed by atoms with Crippen LogP contribution in [0.15, 0.2) is 24.3 Å². The van der Waals surface area contributed by atoms with Gasteiger partial charge in [0.25, 0.3) is 0 Å². The lowest BCUT2D eigenvalue weighted by atomic mass is 10.1. The molecule has 0 N–H and O–H groups in total. The molecule has 1 heterocycles. The van der Waals surface area contributed by atoms with Crippen molar-refractivity contribution < 1.29 is 19.0 Å². The van der Waals surface area contributed by atoms with Crippen molar-refractivity contribution in [1.29, 1.82) is 0 Å². The zero-order chi connectivity index (χ0) is 15.1. The third kappa shape index (κ3) is 5.14. The van der Waals surface area contributed by atoms with Gasteiger partial charge in [0.2, 0.25) is 0 Å². The van der Waals surface area contributed by atoms with Gasteiger partial charge in [0.15, 0.2) is 6.10 Å². The van der Waals surface area contributed by atoms with Gasteiger partial charge in [-0.25, -0.2) is 4.79 Å². The molecule has 1 aliphatic heterocycles. The van der Waals surface area contributed by atoms with E-state index in [1.54, 1.807) is 6.92 Å². The lowest BCUT2D eigenvalue weighted by Crippen LogP contribution is -2.31. The van der Waals surface area contributed by atoms with Crippen LogP contribution >= 0.6 is 0 Å². The summed E-state index contributed by atoms with van der Waals surface area (Å²) in [5.74, 6) is 0.191. The van der Waals surface area contributed by atoms with Crippen molar-refractivity contribution in [3.8, 4) is 5.75 Å². The Bertz CT molecular complexity index is 435. The number of aryl methyl sites for hydroxylation is 1. The number of ether oxygens (including phenoxy) is 3. The van der Waals surface area contributed by atoms with E-state index in [2.05, 4.69) is 6.92 Å². The van der Waals surface area contributed by atoms with Crippen LogP contribution in [0.1, 0.15) is 38.7 Å². The Morgan fingerprint density at radius 2 is 2.10 bits per heavy atom. The topological polar surface area (TPSA) is 44.8 Å². The highest BCUT2D eigenvalue weighted by Gasteiger charge is 2.20. The third-order valence-corrected chi connectivity index (χ3v) is 3.69. The molecule has 1 aromatic carbocycles. The molecule has 1 fully saturated rings. The fraction of sp³-hybridized carbons (Fsp3) is 0.588. The Labute approximate surface area is 126 Å². The molecular formula is C17H24O4. The highest BCUT2D eigenvalue weighted by atomic mass is 16.6. The van der Waals surface area contributed by atoms with Gasteiger partial charge in [-0.1, -0.05) is 19.1 Å². The number of carbonyl (C=O) groups excluding carboxylic acids is 1. The zero-order valence-corrected chi connectivity index (χ0v) is 12.8. The van der Waals surface area contributed by atoms with Crippen molar-refractivity contribution >= 4 is 5.97 Å². The second-order valence-electron chi connectivity index (χ2n) is 5.38. The quantitative estimate of drug-likeness (QED) is 0.597. The maximum Gasteiger partial charge on any atom is 0.340 e. The number of esters is 1. The molecule has 4 heteroatoms. The summed E-state index contributed by atoms with van der Waals surface area (Å²) >= 11 is 0. The lowest BCUT2D eigenvalue weighted by molar-refractivity contribution is -0.149. The van der Waals surface area contributed by atoms with Gasteiger partial charge < -0.3 is 14.2 Å². The van der Waals surface area contributed by atoms with Gasteiger partial charge in [0, 0.05) is 6.61 Å². The minimum atomic E-state index is -0.582. The number of hydrogen-bond donors (Lipinski definition) is 0. The molecule has 2 unspecified atom stereocenters. The lowest BCUT2D eigenvalue weighted by Gasteiger charge is -2.23. The first kappa shape index (κ1) is 16.0. The molecule has 0 radical (unpaired) electrons. The molecule has 0 spiro atoms. The van der Waals surface area contributed by atoms with E-state index in [0.717, 1.165) is 32.3 Å². The molecule has 2 atom stereocenters. The maximum atomic E-state index is 12.0. The van der Waals surface area contributed by atoms with Gasteiger partial charge in [-0.05, 0) is 50.3 Å². The standard InChI is InChI=1S/C17H24O4/c1-3-14-7-9-15(10-8-14)21-17(18)13(2)20-12-16-6-4-5-11-19-16/h7-10,13,16H,3-6,11-12H2,1-2H3. The molecule has 1 saturated heterocycles. The molecule has 4 nitrogen and oxygen atoms in total. The molecule has 116 valence electrons. The minimum Gasteiger partial charge on any atom is -0.425 e. The van der Waals surface area contributed by atoms with Crippen LogP contribution in [0, 0.1) is 0 Å². The monoisotopic (exact) mass is 292 g/mol. The number of rotatable bonds is 6. The first-order valence-electron chi connectivity index (χ1n) is 7.73. The van der Waals surface area contributed by atoms with E-state index in [1.807, 2.05) is 24.3 Å². The molecule has 0 aliphatic carbocycles. The first-order chi connectivity index (χ1) is 10.2. The Kier molecular flexibility index (Phi) is 6.21. The molecule has 1 aromatic rings. The predicted octanol–water partition coefficient (Wildman–Crippen LogP) is 3.13. The minimum absolute atomic E-state index is 0.109. The van der Waals surface area contributed by atoms with E-state index in [9.17, 15) is 4.79 Å². The van der Waals surface area contributed by atoms with Crippen molar-refractivity contribution in [1.82, 2.24) is 0 Å².